The van der Waals surface area contributed by atoms with Gasteiger partial charge in [-0.25, -0.2) is 0 Å². The van der Waals surface area contributed by atoms with Crippen molar-refractivity contribution in [1.82, 2.24) is 10.2 Å². The van der Waals surface area contributed by atoms with E-state index < -0.39 is 0 Å². The number of hydrogen-bond donors (Lipinski definition) is 1. The summed E-state index contributed by atoms with van der Waals surface area (Å²) in [5.74, 6) is 1.46. The van der Waals surface area contributed by atoms with Crippen LogP contribution in [0.4, 0.5) is 0 Å². The number of benzene rings is 1. The maximum atomic E-state index is 12.5. The highest BCUT2D eigenvalue weighted by Gasteiger charge is 2.24. The molecule has 1 heterocycles. The number of nitrogens with one attached hydrogen (secondary N) is 1. The molecular weight excluding hydrogens is 280 g/mol. The van der Waals surface area contributed by atoms with Crippen LogP contribution in [0.25, 0.3) is 0 Å². The average Bonchev–Trinajstić information content (AvgIpc) is 2.58. The van der Waals surface area contributed by atoms with Crippen molar-refractivity contribution >= 4 is 5.91 Å². The first-order chi connectivity index (χ1) is 10.7. The molecule has 2 rings (SSSR count). The van der Waals surface area contributed by atoms with E-state index in [1.165, 1.54) is 0 Å². The largest absolute Gasteiger partial charge is 0.497 e. The van der Waals surface area contributed by atoms with Crippen molar-refractivity contribution in [2.45, 2.75) is 32.2 Å². The maximum Gasteiger partial charge on any atom is 0.260 e. The van der Waals surface area contributed by atoms with Crippen molar-refractivity contribution in [1.29, 1.82) is 0 Å². The molecule has 1 aliphatic rings. The molecule has 0 atom stereocenters. The molecule has 0 aromatic heterocycles. The van der Waals surface area contributed by atoms with E-state index in [1.807, 2.05) is 23.1 Å². The molecule has 1 saturated heterocycles. The Morgan fingerprint density at radius 2 is 2.05 bits per heavy atom. The molecule has 0 spiro atoms. The smallest absolute Gasteiger partial charge is 0.260 e. The van der Waals surface area contributed by atoms with Crippen molar-refractivity contribution < 1.29 is 14.3 Å². The summed E-state index contributed by atoms with van der Waals surface area (Å²) in [6.45, 7) is 4.94. The van der Waals surface area contributed by atoms with Crippen LogP contribution in [-0.2, 0) is 4.79 Å². The predicted molar refractivity (Wildman–Crippen MR) is 86.4 cm³/mol. The summed E-state index contributed by atoms with van der Waals surface area (Å²) < 4.78 is 10.8. The zero-order chi connectivity index (χ0) is 15.8. The quantitative estimate of drug-likeness (QED) is 0.838. The fourth-order valence-corrected chi connectivity index (χ4v) is 2.79. The fraction of sp³-hybridized carbons (Fsp3) is 0.588. The Morgan fingerprint density at radius 1 is 1.32 bits per heavy atom. The number of rotatable bonds is 7. The molecule has 1 aromatic carbocycles. The van der Waals surface area contributed by atoms with Crippen molar-refractivity contribution in [3.63, 3.8) is 0 Å². The Morgan fingerprint density at radius 3 is 2.73 bits per heavy atom. The molecule has 122 valence electrons. The molecule has 0 radical (unpaired) electrons. The monoisotopic (exact) mass is 306 g/mol. The molecule has 5 heteroatoms. The summed E-state index contributed by atoms with van der Waals surface area (Å²) in [6.07, 6.45) is 3.00. The molecule has 1 N–H and O–H groups in total. The van der Waals surface area contributed by atoms with Gasteiger partial charge < -0.3 is 19.7 Å². The lowest BCUT2D eigenvalue weighted by atomic mass is 10.0. The van der Waals surface area contributed by atoms with Crippen molar-refractivity contribution in [3.8, 4) is 11.5 Å². The number of methoxy groups -OCH3 is 1. The third-order valence-electron chi connectivity index (χ3n) is 3.94. The van der Waals surface area contributed by atoms with Gasteiger partial charge in [-0.1, -0.05) is 13.0 Å². The van der Waals surface area contributed by atoms with Gasteiger partial charge in [0.05, 0.1) is 7.11 Å². The van der Waals surface area contributed by atoms with E-state index in [0.717, 1.165) is 44.6 Å². The first-order valence-corrected chi connectivity index (χ1v) is 8.01. The third-order valence-corrected chi connectivity index (χ3v) is 3.94. The van der Waals surface area contributed by atoms with Crippen LogP contribution >= 0.6 is 0 Å². The van der Waals surface area contributed by atoms with E-state index in [2.05, 4.69) is 12.2 Å². The number of nitrogens with zero attached hydrogens (tertiary/aromatic N) is 1. The van der Waals surface area contributed by atoms with E-state index in [0.29, 0.717) is 11.8 Å². The number of amides is 1. The van der Waals surface area contributed by atoms with Crippen molar-refractivity contribution in [3.05, 3.63) is 24.3 Å². The van der Waals surface area contributed by atoms with Gasteiger partial charge in [0.2, 0.25) is 0 Å². The number of piperidine rings is 1. The molecule has 5 nitrogen and oxygen atoms in total. The van der Waals surface area contributed by atoms with Crippen LogP contribution < -0.4 is 14.8 Å². The summed E-state index contributed by atoms with van der Waals surface area (Å²) in [7, 11) is 1.62. The lowest BCUT2D eigenvalue weighted by molar-refractivity contribution is -0.136. The number of hydrogen-bond acceptors (Lipinski definition) is 4. The van der Waals surface area contributed by atoms with Gasteiger partial charge in [0.15, 0.2) is 6.61 Å². The standard InChI is InChI=1S/C17H26N2O3/c1-3-11-19(14-7-9-18-10-8-14)17(20)13-22-16-6-4-5-15(12-16)21-2/h4-6,12,14,18H,3,7-11,13H2,1-2H3. The van der Waals surface area contributed by atoms with Gasteiger partial charge in [-0.3, -0.25) is 4.79 Å². The van der Waals surface area contributed by atoms with Crippen LogP contribution in [0, 0.1) is 0 Å². The summed E-state index contributed by atoms with van der Waals surface area (Å²) >= 11 is 0. The molecule has 0 saturated carbocycles. The van der Waals surface area contributed by atoms with Crippen LogP contribution in [0.2, 0.25) is 0 Å². The van der Waals surface area contributed by atoms with Gasteiger partial charge in [-0.2, -0.15) is 0 Å². The van der Waals surface area contributed by atoms with Gasteiger partial charge >= 0.3 is 0 Å². The highest BCUT2D eigenvalue weighted by atomic mass is 16.5. The van der Waals surface area contributed by atoms with E-state index in [9.17, 15) is 4.79 Å². The topological polar surface area (TPSA) is 50.8 Å². The normalized spacial score (nSPS) is 15.4. The number of carbonyl (C=O) groups excluding carboxylic acids is 1. The SMILES string of the molecule is CCCN(C(=O)COc1cccc(OC)c1)C1CCNCC1. The lowest BCUT2D eigenvalue weighted by Crippen LogP contribution is -2.48. The van der Waals surface area contributed by atoms with Crippen LogP contribution in [0.3, 0.4) is 0 Å². The van der Waals surface area contributed by atoms with Gasteiger partial charge in [0, 0.05) is 18.7 Å². The lowest BCUT2D eigenvalue weighted by Gasteiger charge is -2.34. The zero-order valence-electron chi connectivity index (χ0n) is 13.5. The second-order valence-electron chi connectivity index (χ2n) is 5.54. The van der Waals surface area contributed by atoms with Crippen LogP contribution in [0.1, 0.15) is 26.2 Å². The molecular formula is C17H26N2O3. The first kappa shape index (κ1) is 16.6. The van der Waals surface area contributed by atoms with Gasteiger partial charge in [-0.15, -0.1) is 0 Å². The molecule has 1 aromatic rings. The fourth-order valence-electron chi connectivity index (χ4n) is 2.79. The van der Waals surface area contributed by atoms with Crippen molar-refractivity contribution in [2.75, 3.05) is 33.4 Å². The van der Waals surface area contributed by atoms with Gasteiger partial charge in [-0.05, 0) is 44.5 Å². The minimum absolute atomic E-state index is 0.0663. The first-order valence-electron chi connectivity index (χ1n) is 8.01. The van der Waals surface area contributed by atoms with E-state index in [-0.39, 0.29) is 12.5 Å². The Hall–Kier alpha value is -1.75. The second kappa shape index (κ2) is 8.63. The molecule has 0 unspecified atom stereocenters. The van der Waals surface area contributed by atoms with Crippen LogP contribution in [0.15, 0.2) is 24.3 Å². The zero-order valence-corrected chi connectivity index (χ0v) is 13.5. The number of ether oxygens (including phenoxy) is 2. The molecule has 1 aliphatic heterocycles. The number of carbonyl (C=O) groups is 1. The highest BCUT2D eigenvalue weighted by molar-refractivity contribution is 5.78. The summed E-state index contributed by atoms with van der Waals surface area (Å²) in [5, 5.41) is 3.34. The van der Waals surface area contributed by atoms with E-state index in [4.69, 9.17) is 9.47 Å². The average molecular weight is 306 g/mol. The minimum atomic E-state index is 0.0663. The van der Waals surface area contributed by atoms with Crippen molar-refractivity contribution in [2.24, 2.45) is 0 Å². The summed E-state index contributed by atoms with van der Waals surface area (Å²) in [4.78, 5) is 14.5. The summed E-state index contributed by atoms with van der Waals surface area (Å²) in [6, 6.07) is 7.68. The Labute approximate surface area is 132 Å². The molecule has 22 heavy (non-hydrogen) atoms. The summed E-state index contributed by atoms with van der Waals surface area (Å²) in [5.41, 5.74) is 0. The Bertz CT molecular complexity index is 473. The van der Waals surface area contributed by atoms with E-state index >= 15 is 0 Å². The maximum absolute atomic E-state index is 12.5. The molecule has 0 bridgehead atoms. The van der Waals surface area contributed by atoms with E-state index in [1.54, 1.807) is 13.2 Å². The predicted octanol–water partition coefficient (Wildman–Crippen LogP) is 2.06. The minimum Gasteiger partial charge on any atom is -0.497 e. The van der Waals surface area contributed by atoms with Crippen LogP contribution in [0.5, 0.6) is 11.5 Å². The van der Waals surface area contributed by atoms with Crippen LogP contribution in [-0.4, -0.2) is 50.2 Å². The molecule has 1 fully saturated rings. The Kier molecular flexibility index (Phi) is 6.52. The van der Waals surface area contributed by atoms with Gasteiger partial charge in [0.25, 0.3) is 5.91 Å². The molecule has 0 aliphatic carbocycles. The molecule has 1 amide bonds. The third kappa shape index (κ3) is 4.63. The second-order valence-corrected chi connectivity index (χ2v) is 5.54. The highest BCUT2D eigenvalue weighted by Crippen LogP contribution is 2.19. The van der Waals surface area contributed by atoms with Gasteiger partial charge in [0.1, 0.15) is 11.5 Å². The Balaban J connectivity index is 1.92.